The topological polar surface area (TPSA) is 58.1 Å². The molecule has 0 unspecified atom stereocenters. The number of aliphatic imine (C=N–C) groups is 1. The number of benzene rings is 1. The monoisotopic (exact) mass is 348 g/mol. The molecule has 6 nitrogen and oxygen atoms in total. The largest absolute Gasteiger partial charge is 0.380 e. The number of hydrogen-bond donors (Lipinski definition) is 2. The lowest BCUT2D eigenvalue weighted by atomic mass is 10.1. The van der Waals surface area contributed by atoms with Crippen LogP contribution in [-0.2, 0) is 22.6 Å². The van der Waals surface area contributed by atoms with Gasteiger partial charge in [0.05, 0.1) is 26.4 Å². The van der Waals surface area contributed by atoms with Crippen molar-refractivity contribution in [3.63, 3.8) is 0 Å². The van der Waals surface area contributed by atoms with Crippen LogP contribution in [0.4, 0.5) is 0 Å². The third-order valence-electron chi connectivity index (χ3n) is 4.11. The van der Waals surface area contributed by atoms with E-state index in [0.29, 0.717) is 13.2 Å². The molecular formula is C19H32N4O2. The Balaban J connectivity index is 1.94. The second kappa shape index (κ2) is 11.8. The van der Waals surface area contributed by atoms with Gasteiger partial charge in [0.15, 0.2) is 5.96 Å². The molecule has 1 heterocycles. The summed E-state index contributed by atoms with van der Waals surface area (Å²) in [6, 6.07) is 8.57. The standard InChI is InChI=1S/C19H32N4O2/c1-3-20-19(21-9-12-24-4-2)22-15-17-7-5-6-8-18(17)16-23-10-13-25-14-11-23/h5-8H,3-4,9-16H2,1-2H3,(H2,20,21,22). The Hall–Kier alpha value is -1.63. The van der Waals surface area contributed by atoms with E-state index < -0.39 is 0 Å². The third-order valence-corrected chi connectivity index (χ3v) is 4.11. The van der Waals surface area contributed by atoms with Crippen LogP contribution in [0.15, 0.2) is 29.3 Å². The zero-order chi connectivity index (χ0) is 17.7. The molecule has 1 aromatic rings. The van der Waals surface area contributed by atoms with Gasteiger partial charge in [-0.3, -0.25) is 4.90 Å². The van der Waals surface area contributed by atoms with Crippen molar-refractivity contribution in [3.8, 4) is 0 Å². The first-order valence-electron chi connectivity index (χ1n) is 9.30. The van der Waals surface area contributed by atoms with Crippen molar-refractivity contribution in [2.45, 2.75) is 26.9 Å². The SMILES string of the molecule is CCNC(=NCc1ccccc1CN1CCOCC1)NCCOCC. The van der Waals surface area contributed by atoms with Crippen molar-refractivity contribution in [1.29, 1.82) is 0 Å². The quantitative estimate of drug-likeness (QED) is 0.403. The molecule has 1 fully saturated rings. The highest BCUT2D eigenvalue weighted by atomic mass is 16.5. The van der Waals surface area contributed by atoms with Crippen molar-refractivity contribution in [2.24, 2.45) is 4.99 Å². The number of morpholine rings is 1. The summed E-state index contributed by atoms with van der Waals surface area (Å²) < 4.78 is 10.8. The van der Waals surface area contributed by atoms with Gasteiger partial charge < -0.3 is 20.1 Å². The van der Waals surface area contributed by atoms with Gasteiger partial charge in [-0.2, -0.15) is 0 Å². The molecular weight excluding hydrogens is 316 g/mol. The average molecular weight is 348 g/mol. The van der Waals surface area contributed by atoms with Crippen LogP contribution in [0, 0.1) is 0 Å². The van der Waals surface area contributed by atoms with Gasteiger partial charge >= 0.3 is 0 Å². The fourth-order valence-electron chi connectivity index (χ4n) is 2.76. The summed E-state index contributed by atoms with van der Waals surface area (Å²) in [6.07, 6.45) is 0. The molecule has 1 aromatic carbocycles. The molecule has 2 N–H and O–H groups in total. The predicted molar refractivity (Wildman–Crippen MR) is 102 cm³/mol. The highest BCUT2D eigenvalue weighted by Crippen LogP contribution is 2.14. The summed E-state index contributed by atoms with van der Waals surface area (Å²) in [7, 11) is 0. The second-order valence-electron chi connectivity index (χ2n) is 5.98. The van der Waals surface area contributed by atoms with E-state index in [1.807, 2.05) is 6.92 Å². The number of ether oxygens (including phenoxy) is 2. The van der Waals surface area contributed by atoms with Crippen molar-refractivity contribution < 1.29 is 9.47 Å². The average Bonchev–Trinajstić information content (AvgIpc) is 2.65. The van der Waals surface area contributed by atoms with Crippen LogP contribution in [0.1, 0.15) is 25.0 Å². The van der Waals surface area contributed by atoms with E-state index in [4.69, 9.17) is 14.5 Å². The summed E-state index contributed by atoms with van der Waals surface area (Å²) in [5, 5.41) is 6.60. The van der Waals surface area contributed by atoms with Crippen LogP contribution in [0.3, 0.4) is 0 Å². The number of hydrogen-bond acceptors (Lipinski definition) is 4. The molecule has 0 amide bonds. The molecule has 2 rings (SSSR count). The molecule has 0 bridgehead atoms. The van der Waals surface area contributed by atoms with Gasteiger partial charge in [-0.25, -0.2) is 4.99 Å². The summed E-state index contributed by atoms with van der Waals surface area (Å²) >= 11 is 0. The smallest absolute Gasteiger partial charge is 0.191 e. The van der Waals surface area contributed by atoms with Gasteiger partial charge in [0.2, 0.25) is 0 Å². The van der Waals surface area contributed by atoms with E-state index in [2.05, 4.69) is 46.7 Å². The Bertz CT molecular complexity index is 516. The Morgan fingerprint density at radius 1 is 1.16 bits per heavy atom. The predicted octanol–water partition coefficient (Wildman–Crippen LogP) is 1.61. The molecule has 140 valence electrons. The van der Waals surface area contributed by atoms with Crippen LogP contribution < -0.4 is 10.6 Å². The van der Waals surface area contributed by atoms with E-state index >= 15 is 0 Å². The van der Waals surface area contributed by atoms with Crippen LogP contribution in [0.25, 0.3) is 0 Å². The van der Waals surface area contributed by atoms with Gasteiger partial charge in [-0.05, 0) is 25.0 Å². The first-order valence-corrected chi connectivity index (χ1v) is 9.30. The van der Waals surface area contributed by atoms with Crippen molar-refractivity contribution >= 4 is 5.96 Å². The van der Waals surface area contributed by atoms with E-state index in [1.165, 1.54) is 11.1 Å². The lowest BCUT2D eigenvalue weighted by Gasteiger charge is -2.27. The minimum Gasteiger partial charge on any atom is -0.380 e. The fourth-order valence-corrected chi connectivity index (χ4v) is 2.76. The Kier molecular flexibility index (Phi) is 9.33. The Labute approximate surface area is 151 Å². The molecule has 1 saturated heterocycles. The first kappa shape index (κ1) is 19.7. The lowest BCUT2D eigenvalue weighted by molar-refractivity contribution is 0.0341. The van der Waals surface area contributed by atoms with Crippen molar-refractivity contribution in [2.75, 3.05) is 52.6 Å². The van der Waals surface area contributed by atoms with E-state index in [1.54, 1.807) is 0 Å². The molecule has 25 heavy (non-hydrogen) atoms. The number of rotatable bonds is 9. The number of guanidine groups is 1. The lowest BCUT2D eigenvalue weighted by Crippen LogP contribution is -2.39. The molecule has 1 aliphatic rings. The minimum atomic E-state index is 0.671. The maximum absolute atomic E-state index is 5.44. The van der Waals surface area contributed by atoms with Crippen molar-refractivity contribution in [3.05, 3.63) is 35.4 Å². The van der Waals surface area contributed by atoms with E-state index in [-0.39, 0.29) is 0 Å². The zero-order valence-corrected chi connectivity index (χ0v) is 15.6. The van der Waals surface area contributed by atoms with Crippen LogP contribution in [0.2, 0.25) is 0 Å². The van der Waals surface area contributed by atoms with E-state index in [9.17, 15) is 0 Å². The maximum atomic E-state index is 5.44. The number of nitrogens with zero attached hydrogens (tertiary/aromatic N) is 2. The maximum Gasteiger partial charge on any atom is 0.191 e. The summed E-state index contributed by atoms with van der Waals surface area (Å²) in [6.45, 7) is 12.4. The van der Waals surface area contributed by atoms with Crippen LogP contribution >= 0.6 is 0 Å². The molecule has 0 spiro atoms. The molecule has 0 radical (unpaired) electrons. The highest BCUT2D eigenvalue weighted by molar-refractivity contribution is 5.79. The molecule has 0 atom stereocenters. The highest BCUT2D eigenvalue weighted by Gasteiger charge is 2.12. The Morgan fingerprint density at radius 2 is 1.92 bits per heavy atom. The fraction of sp³-hybridized carbons (Fsp3) is 0.632. The summed E-state index contributed by atoms with van der Waals surface area (Å²) in [5.74, 6) is 0.836. The van der Waals surface area contributed by atoms with Crippen LogP contribution in [0.5, 0.6) is 0 Å². The molecule has 0 aromatic heterocycles. The van der Waals surface area contributed by atoms with Gasteiger partial charge in [0.1, 0.15) is 0 Å². The molecule has 1 aliphatic heterocycles. The van der Waals surface area contributed by atoms with Gasteiger partial charge in [-0.15, -0.1) is 0 Å². The summed E-state index contributed by atoms with van der Waals surface area (Å²) in [4.78, 5) is 7.17. The van der Waals surface area contributed by atoms with Gasteiger partial charge in [-0.1, -0.05) is 24.3 Å². The zero-order valence-electron chi connectivity index (χ0n) is 15.6. The van der Waals surface area contributed by atoms with E-state index in [0.717, 1.165) is 58.5 Å². The van der Waals surface area contributed by atoms with Crippen LogP contribution in [-0.4, -0.2) is 63.5 Å². The molecule has 0 saturated carbocycles. The van der Waals surface area contributed by atoms with Crippen molar-refractivity contribution in [1.82, 2.24) is 15.5 Å². The second-order valence-corrected chi connectivity index (χ2v) is 5.98. The minimum absolute atomic E-state index is 0.671. The van der Waals surface area contributed by atoms with Gasteiger partial charge in [0, 0.05) is 39.3 Å². The Morgan fingerprint density at radius 3 is 2.64 bits per heavy atom. The molecule has 6 heteroatoms. The first-order chi connectivity index (χ1) is 12.3. The molecule has 0 aliphatic carbocycles. The summed E-state index contributed by atoms with van der Waals surface area (Å²) in [5.41, 5.74) is 2.62. The normalized spacial score (nSPS) is 16.0. The van der Waals surface area contributed by atoms with Gasteiger partial charge in [0.25, 0.3) is 0 Å². The number of nitrogens with one attached hydrogen (secondary N) is 2. The third kappa shape index (κ3) is 7.42.